The summed E-state index contributed by atoms with van der Waals surface area (Å²) in [6, 6.07) is 15.4. The lowest BCUT2D eigenvalue weighted by molar-refractivity contribution is 0.122. The number of hydrogen-bond donors (Lipinski definition) is 1. The Morgan fingerprint density at radius 3 is 2.53 bits per heavy atom. The van der Waals surface area contributed by atoms with E-state index in [2.05, 4.69) is 39.5 Å². The molecule has 6 nitrogen and oxygen atoms in total. The lowest BCUT2D eigenvalue weighted by Crippen LogP contribution is -2.36. The summed E-state index contributed by atoms with van der Waals surface area (Å²) in [4.78, 5) is 10.9. The maximum Gasteiger partial charge on any atom is 0.212 e. The monoisotopic (exact) mass is 403 g/mol. The van der Waals surface area contributed by atoms with Crippen molar-refractivity contribution in [3.8, 4) is 11.3 Å². The summed E-state index contributed by atoms with van der Waals surface area (Å²) in [6.07, 6.45) is 3.55. The van der Waals surface area contributed by atoms with E-state index in [9.17, 15) is 4.39 Å². The first-order valence-electron chi connectivity index (χ1n) is 9.98. The van der Waals surface area contributed by atoms with Crippen LogP contribution >= 0.6 is 0 Å². The molecule has 7 heteroatoms. The molecule has 0 atom stereocenters. The number of anilines is 3. The molecule has 0 saturated carbocycles. The van der Waals surface area contributed by atoms with Crippen LogP contribution in [0.2, 0.25) is 0 Å². The minimum absolute atomic E-state index is 0.508. The van der Waals surface area contributed by atoms with Crippen LogP contribution in [0.15, 0.2) is 60.9 Å². The Hall–Kier alpha value is -3.45. The van der Waals surface area contributed by atoms with E-state index in [1.165, 1.54) is 18.0 Å². The number of pyridine rings is 2. The van der Waals surface area contributed by atoms with E-state index >= 15 is 0 Å². The number of aryl methyl sites for hydroxylation is 1. The molecule has 1 N–H and O–H groups in total. The Morgan fingerprint density at radius 1 is 1.00 bits per heavy atom. The quantitative estimate of drug-likeness (QED) is 0.511. The molecule has 1 aliphatic rings. The van der Waals surface area contributed by atoms with E-state index < -0.39 is 5.95 Å². The topological polar surface area (TPSA) is 54.7 Å². The Balaban J connectivity index is 1.51. The molecule has 1 aromatic carbocycles. The van der Waals surface area contributed by atoms with Crippen LogP contribution in [0.5, 0.6) is 0 Å². The summed E-state index contributed by atoms with van der Waals surface area (Å²) in [5.41, 5.74) is 5.55. The Labute approximate surface area is 174 Å². The van der Waals surface area contributed by atoms with Gasteiger partial charge < -0.3 is 15.0 Å². The number of rotatable bonds is 4. The van der Waals surface area contributed by atoms with Gasteiger partial charge in [0.2, 0.25) is 5.95 Å². The van der Waals surface area contributed by atoms with E-state index in [1.54, 1.807) is 6.07 Å². The van der Waals surface area contributed by atoms with Gasteiger partial charge in [-0.05, 0) is 55.0 Å². The molecular formula is C23H22FN5O. The van der Waals surface area contributed by atoms with Crippen molar-refractivity contribution in [3.63, 3.8) is 0 Å². The fourth-order valence-corrected chi connectivity index (χ4v) is 3.70. The molecule has 30 heavy (non-hydrogen) atoms. The van der Waals surface area contributed by atoms with Crippen molar-refractivity contribution in [1.82, 2.24) is 14.4 Å². The van der Waals surface area contributed by atoms with Gasteiger partial charge in [0.05, 0.1) is 13.2 Å². The fourth-order valence-electron chi connectivity index (χ4n) is 3.70. The maximum absolute atomic E-state index is 13.3. The van der Waals surface area contributed by atoms with Crippen molar-refractivity contribution in [1.29, 1.82) is 0 Å². The third-order valence-electron chi connectivity index (χ3n) is 5.27. The van der Waals surface area contributed by atoms with E-state index in [0.717, 1.165) is 60.3 Å². The van der Waals surface area contributed by atoms with Crippen LogP contribution in [0.25, 0.3) is 16.9 Å². The second kappa shape index (κ2) is 7.76. The average molecular weight is 403 g/mol. The second-order valence-electron chi connectivity index (χ2n) is 7.38. The number of halogens is 1. The van der Waals surface area contributed by atoms with Crippen molar-refractivity contribution < 1.29 is 9.13 Å². The molecular weight excluding hydrogens is 381 g/mol. The first-order valence-corrected chi connectivity index (χ1v) is 9.98. The van der Waals surface area contributed by atoms with Crippen molar-refractivity contribution in [2.24, 2.45) is 0 Å². The highest BCUT2D eigenvalue weighted by molar-refractivity contribution is 5.79. The SMILES string of the molecule is Cc1ccc2nc(-c3ccc(F)nc3)c(Nc3ccc(N4CCOCC4)cc3)n2c1. The van der Waals surface area contributed by atoms with Gasteiger partial charge in [-0.3, -0.25) is 4.40 Å². The maximum atomic E-state index is 13.3. The molecule has 0 amide bonds. The first-order chi connectivity index (χ1) is 14.7. The second-order valence-corrected chi connectivity index (χ2v) is 7.38. The van der Waals surface area contributed by atoms with E-state index in [0.29, 0.717) is 0 Å². The van der Waals surface area contributed by atoms with Gasteiger partial charge in [0, 0.05) is 42.4 Å². The molecule has 0 spiro atoms. The number of nitrogens with one attached hydrogen (secondary N) is 1. The van der Waals surface area contributed by atoms with Crippen LogP contribution in [-0.4, -0.2) is 40.7 Å². The van der Waals surface area contributed by atoms with Crippen LogP contribution in [0.3, 0.4) is 0 Å². The normalized spacial score (nSPS) is 14.3. The number of imidazole rings is 1. The fraction of sp³-hybridized carbons (Fsp3) is 0.217. The summed E-state index contributed by atoms with van der Waals surface area (Å²) in [6.45, 7) is 5.37. The molecule has 0 radical (unpaired) electrons. The summed E-state index contributed by atoms with van der Waals surface area (Å²) < 4.78 is 20.8. The van der Waals surface area contributed by atoms with Crippen LogP contribution in [0.1, 0.15) is 5.56 Å². The predicted octanol–water partition coefficient (Wildman–Crippen LogP) is 4.42. The van der Waals surface area contributed by atoms with Gasteiger partial charge in [0.1, 0.15) is 17.2 Å². The van der Waals surface area contributed by atoms with Gasteiger partial charge in [-0.25, -0.2) is 9.97 Å². The van der Waals surface area contributed by atoms with Crippen molar-refractivity contribution in [2.75, 3.05) is 36.5 Å². The zero-order valence-corrected chi connectivity index (χ0v) is 16.7. The lowest BCUT2D eigenvalue weighted by Gasteiger charge is -2.28. The van der Waals surface area contributed by atoms with Crippen molar-refractivity contribution >= 4 is 22.8 Å². The average Bonchev–Trinajstić information content (AvgIpc) is 3.13. The number of benzene rings is 1. The van der Waals surface area contributed by atoms with Crippen molar-refractivity contribution in [3.05, 3.63) is 72.4 Å². The highest BCUT2D eigenvalue weighted by Gasteiger charge is 2.16. The predicted molar refractivity (Wildman–Crippen MR) is 116 cm³/mol. The summed E-state index contributed by atoms with van der Waals surface area (Å²) >= 11 is 0. The Morgan fingerprint density at radius 2 is 1.80 bits per heavy atom. The van der Waals surface area contributed by atoms with E-state index in [4.69, 9.17) is 9.72 Å². The third-order valence-corrected chi connectivity index (χ3v) is 5.27. The Bertz CT molecular complexity index is 1160. The smallest absolute Gasteiger partial charge is 0.212 e. The van der Waals surface area contributed by atoms with Gasteiger partial charge in [0.25, 0.3) is 0 Å². The van der Waals surface area contributed by atoms with Gasteiger partial charge >= 0.3 is 0 Å². The molecule has 5 rings (SSSR count). The summed E-state index contributed by atoms with van der Waals surface area (Å²) in [7, 11) is 0. The van der Waals surface area contributed by atoms with E-state index in [1.807, 2.05) is 29.7 Å². The molecule has 1 fully saturated rings. The lowest BCUT2D eigenvalue weighted by atomic mass is 10.2. The molecule has 0 unspecified atom stereocenters. The zero-order valence-electron chi connectivity index (χ0n) is 16.7. The third kappa shape index (κ3) is 3.59. The first kappa shape index (κ1) is 18.6. The number of fused-ring (bicyclic) bond motifs is 1. The summed E-state index contributed by atoms with van der Waals surface area (Å²) in [5.74, 6) is 0.313. The zero-order chi connectivity index (χ0) is 20.5. The largest absolute Gasteiger partial charge is 0.378 e. The van der Waals surface area contributed by atoms with E-state index in [-0.39, 0.29) is 0 Å². The highest BCUT2D eigenvalue weighted by atomic mass is 19.1. The number of nitrogens with zero attached hydrogens (tertiary/aromatic N) is 4. The number of ether oxygens (including phenoxy) is 1. The molecule has 1 saturated heterocycles. The van der Waals surface area contributed by atoms with Crippen LogP contribution < -0.4 is 10.2 Å². The molecule has 3 aromatic heterocycles. The van der Waals surface area contributed by atoms with Gasteiger partial charge in [0.15, 0.2) is 0 Å². The van der Waals surface area contributed by atoms with Crippen LogP contribution in [-0.2, 0) is 4.74 Å². The van der Waals surface area contributed by atoms with Crippen LogP contribution in [0, 0.1) is 12.9 Å². The molecule has 1 aliphatic heterocycles. The minimum atomic E-state index is -0.508. The number of aromatic nitrogens is 3. The molecule has 4 aromatic rings. The molecule has 0 bridgehead atoms. The van der Waals surface area contributed by atoms with Gasteiger partial charge in [-0.1, -0.05) is 6.07 Å². The summed E-state index contributed by atoms with van der Waals surface area (Å²) in [5, 5.41) is 3.50. The standard InChI is InChI=1S/C23H22FN5O/c1-16-2-9-21-27-22(17-3-8-20(24)25-14-17)23(29(21)15-16)26-18-4-6-19(7-5-18)28-10-12-30-13-11-28/h2-9,14-15,26H,10-13H2,1H3. The number of morpholine rings is 1. The molecule has 4 heterocycles. The van der Waals surface area contributed by atoms with Gasteiger partial charge in [-0.2, -0.15) is 4.39 Å². The van der Waals surface area contributed by atoms with Gasteiger partial charge in [-0.15, -0.1) is 0 Å². The number of hydrogen-bond acceptors (Lipinski definition) is 5. The minimum Gasteiger partial charge on any atom is -0.378 e. The molecule has 152 valence electrons. The molecule has 0 aliphatic carbocycles. The van der Waals surface area contributed by atoms with Crippen molar-refractivity contribution in [2.45, 2.75) is 6.92 Å². The van der Waals surface area contributed by atoms with Crippen LogP contribution in [0.4, 0.5) is 21.6 Å². The highest BCUT2D eigenvalue weighted by Crippen LogP contribution is 2.32. The Kier molecular flexibility index (Phi) is 4.80.